The lowest BCUT2D eigenvalue weighted by Crippen LogP contribution is -2.39. The molecule has 0 spiro atoms. The Morgan fingerprint density at radius 1 is 1.30 bits per heavy atom. The lowest BCUT2D eigenvalue weighted by Gasteiger charge is -2.22. The van der Waals surface area contributed by atoms with Gasteiger partial charge in [0.05, 0.1) is 11.9 Å². The number of hydrogen-bond donors (Lipinski definition) is 1. The Morgan fingerprint density at radius 2 is 1.91 bits per heavy atom. The molecule has 128 valence electrons. The maximum absolute atomic E-state index is 12.1. The average molecular weight is 339 g/mol. The van der Waals surface area contributed by atoms with Crippen LogP contribution in [0.15, 0.2) is 29.4 Å². The first kappa shape index (κ1) is 19.2. The molecule has 1 N–H and O–H groups in total. The molecule has 0 saturated heterocycles. The van der Waals surface area contributed by atoms with Crippen LogP contribution in [0, 0.1) is 12.3 Å². The standard InChI is InChI=1S/C16H25N3O3S/c1-12-8-7-9-14(10-12)19(23(6,21)22)11-15(20)18-17-13(2)16(3,4)5/h7-10H,11H2,1-6H3,(H,18,20)/b17-13+. The van der Waals surface area contributed by atoms with Crippen molar-refractivity contribution in [1.29, 1.82) is 0 Å². The summed E-state index contributed by atoms with van der Waals surface area (Å²) in [5.41, 5.74) is 4.38. The first-order valence-corrected chi connectivity index (χ1v) is 9.14. The quantitative estimate of drug-likeness (QED) is 0.660. The van der Waals surface area contributed by atoms with Crippen molar-refractivity contribution in [1.82, 2.24) is 5.43 Å². The minimum absolute atomic E-state index is 0.166. The fraction of sp³-hybridized carbons (Fsp3) is 0.500. The number of nitrogens with one attached hydrogen (secondary N) is 1. The lowest BCUT2D eigenvalue weighted by molar-refractivity contribution is -0.119. The van der Waals surface area contributed by atoms with Crippen LogP contribution in [0.25, 0.3) is 0 Å². The predicted molar refractivity (Wildman–Crippen MR) is 94.1 cm³/mol. The zero-order valence-electron chi connectivity index (χ0n) is 14.5. The van der Waals surface area contributed by atoms with E-state index < -0.39 is 15.9 Å². The van der Waals surface area contributed by atoms with Gasteiger partial charge >= 0.3 is 0 Å². The number of aryl methyl sites for hydroxylation is 1. The number of sulfonamides is 1. The summed E-state index contributed by atoms with van der Waals surface area (Å²) in [6, 6.07) is 6.99. The molecule has 1 rings (SSSR count). The summed E-state index contributed by atoms with van der Waals surface area (Å²) in [4.78, 5) is 12.1. The van der Waals surface area contributed by atoms with Crippen molar-refractivity contribution in [2.75, 3.05) is 17.1 Å². The fourth-order valence-corrected chi connectivity index (χ4v) is 2.51. The van der Waals surface area contributed by atoms with Crippen LogP contribution in [-0.4, -0.2) is 32.8 Å². The van der Waals surface area contributed by atoms with Gasteiger partial charge in [-0.2, -0.15) is 5.10 Å². The second kappa shape index (κ2) is 7.12. The zero-order chi connectivity index (χ0) is 17.8. The summed E-state index contributed by atoms with van der Waals surface area (Å²) in [6.45, 7) is 9.30. The van der Waals surface area contributed by atoms with Crippen LogP contribution >= 0.6 is 0 Å². The van der Waals surface area contributed by atoms with Crippen molar-refractivity contribution in [2.24, 2.45) is 10.5 Å². The Hall–Kier alpha value is -1.89. The number of hydrazone groups is 1. The van der Waals surface area contributed by atoms with E-state index in [0.717, 1.165) is 21.8 Å². The Bertz CT molecular complexity index is 704. The van der Waals surface area contributed by atoms with Crippen molar-refractivity contribution in [3.05, 3.63) is 29.8 Å². The van der Waals surface area contributed by atoms with Crippen LogP contribution in [0.5, 0.6) is 0 Å². The SMILES string of the molecule is C/C(=N\NC(=O)CN(c1cccc(C)c1)S(C)(=O)=O)C(C)(C)C. The number of nitrogens with zero attached hydrogens (tertiary/aromatic N) is 2. The van der Waals surface area contributed by atoms with Crippen LogP contribution in [0.2, 0.25) is 0 Å². The summed E-state index contributed by atoms with van der Waals surface area (Å²) >= 11 is 0. The maximum atomic E-state index is 12.1. The molecule has 0 heterocycles. The Labute approximate surface area is 138 Å². The van der Waals surface area contributed by atoms with Gasteiger partial charge in [0.1, 0.15) is 6.54 Å². The molecule has 0 atom stereocenters. The van der Waals surface area contributed by atoms with Gasteiger partial charge in [-0.1, -0.05) is 32.9 Å². The Balaban J connectivity index is 2.94. The first-order chi connectivity index (χ1) is 10.4. The van der Waals surface area contributed by atoms with Crippen molar-refractivity contribution < 1.29 is 13.2 Å². The molecule has 1 aromatic carbocycles. The number of carbonyl (C=O) groups is 1. The van der Waals surface area contributed by atoms with E-state index >= 15 is 0 Å². The highest BCUT2D eigenvalue weighted by Crippen LogP contribution is 2.18. The van der Waals surface area contributed by atoms with Gasteiger partial charge in [-0.15, -0.1) is 0 Å². The fourth-order valence-electron chi connectivity index (χ4n) is 1.66. The van der Waals surface area contributed by atoms with Crippen LogP contribution < -0.4 is 9.73 Å². The van der Waals surface area contributed by atoms with Crippen molar-refractivity contribution >= 4 is 27.3 Å². The largest absolute Gasteiger partial charge is 0.271 e. The number of amides is 1. The molecule has 7 heteroatoms. The molecule has 0 aliphatic heterocycles. The lowest BCUT2D eigenvalue weighted by atomic mass is 9.91. The average Bonchev–Trinajstić information content (AvgIpc) is 2.39. The van der Waals surface area contributed by atoms with Gasteiger partial charge in [-0.05, 0) is 31.5 Å². The van der Waals surface area contributed by atoms with Crippen LogP contribution in [0.4, 0.5) is 5.69 Å². The summed E-state index contributed by atoms with van der Waals surface area (Å²) < 4.78 is 25.0. The zero-order valence-corrected chi connectivity index (χ0v) is 15.4. The first-order valence-electron chi connectivity index (χ1n) is 7.29. The van der Waals surface area contributed by atoms with Crippen LogP contribution in [-0.2, 0) is 14.8 Å². The molecule has 0 saturated carbocycles. The van der Waals surface area contributed by atoms with E-state index in [1.807, 2.05) is 40.7 Å². The van der Waals surface area contributed by atoms with Crippen molar-refractivity contribution in [2.45, 2.75) is 34.6 Å². The van der Waals surface area contributed by atoms with Crippen molar-refractivity contribution in [3.8, 4) is 0 Å². The van der Waals surface area contributed by atoms with Crippen LogP contribution in [0.3, 0.4) is 0 Å². The number of hydrogen-bond acceptors (Lipinski definition) is 4. The van der Waals surface area contributed by atoms with Gasteiger partial charge in [-0.25, -0.2) is 13.8 Å². The number of rotatable bonds is 5. The normalized spacial score (nSPS) is 12.9. The molecule has 0 fully saturated rings. The second-order valence-corrected chi connectivity index (χ2v) is 8.50. The van der Waals surface area contributed by atoms with E-state index in [2.05, 4.69) is 10.5 Å². The smallest absolute Gasteiger partial charge is 0.260 e. The molecule has 1 amide bonds. The van der Waals surface area contributed by atoms with Gasteiger partial charge in [0, 0.05) is 11.1 Å². The molecular formula is C16H25N3O3S. The molecule has 0 aliphatic carbocycles. The number of anilines is 1. The number of benzene rings is 1. The highest BCUT2D eigenvalue weighted by molar-refractivity contribution is 7.92. The minimum atomic E-state index is -3.57. The molecule has 6 nitrogen and oxygen atoms in total. The van der Waals surface area contributed by atoms with E-state index in [4.69, 9.17) is 0 Å². The van der Waals surface area contributed by atoms with Gasteiger partial charge in [0.15, 0.2) is 0 Å². The van der Waals surface area contributed by atoms with Gasteiger partial charge < -0.3 is 0 Å². The summed E-state index contributed by atoms with van der Waals surface area (Å²) in [5, 5.41) is 4.04. The third kappa shape index (κ3) is 6.02. The monoisotopic (exact) mass is 339 g/mol. The predicted octanol–water partition coefficient (Wildman–Crippen LogP) is 2.30. The molecule has 0 unspecified atom stereocenters. The third-order valence-corrected chi connectivity index (χ3v) is 4.55. The van der Waals surface area contributed by atoms with E-state index in [1.165, 1.54) is 0 Å². The maximum Gasteiger partial charge on any atom is 0.260 e. The van der Waals surface area contributed by atoms with Gasteiger partial charge in [-0.3, -0.25) is 9.10 Å². The van der Waals surface area contributed by atoms with Crippen molar-refractivity contribution in [3.63, 3.8) is 0 Å². The molecule has 0 bridgehead atoms. The molecular weight excluding hydrogens is 314 g/mol. The minimum Gasteiger partial charge on any atom is -0.271 e. The molecule has 23 heavy (non-hydrogen) atoms. The summed E-state index contributed by atoms with van der Waals surface area (Å²) in [7, 11) is -3.57. The van der Waals surface area contributed by atoms with E-state index in [1.54, 1.807) is 18.2 Å². The molecule has 0 radical (unpaired) electrons. The highest BCUT2D eigenvalue weighted by atomic mass is 32.2. The Morgan fingerprint density at radius 3 is 2.39 bits per heavy atom. The third-order valence-electron chi connectivity index (χ3n) is 3.41. The van der Waals surface area contributed by atoms with E-state index in [0.29, 0.717) is 5.69 Å². The van der Waals surface area contributed by atoms with E-state index in [-0.39, 0.29) is 12.0 Å². The second-order valence-electron chi connectivity index (χ2n) is 6.59. The van der Waals surface area contributed by atoms with Crippen LogP contribution in [0.1, 0.15) is 33.3 Å². The van der Waals surface area contributed by atoms with E-state index in [9.17, 15) is 13.2 Å². The Kier molecular flexibility index (Phi) is 5.93. The van der Waals surface area contributed by atoms with Gasteiger partial charge in [0.25, 0.3) is 5.91 Å². The molecule has 0 aliphatic rings. The number of carbonyl (C=O) groups excluding carboxylic acids is 1. The summed E-state index contributed by atoms with van der Waals surface area (Å²) in [6.07, 6.45) is 1.08. The van der Waals surface area contributed by atoms with Gasteiger partial charge in [0.2, 0.25) is 10.0 Å². The summed E-state index contributed by atoms with van der Waals surface area (Å²) in [5.74, 6) is -0.486. The highest BCUT2D eigenvalue weighted by Gasteiger charge is 2.21. The topological polar surface area (TPSA) is 78.8 Å². The molecule has 1 aromatic rings. The molecule has 0 aromatic heterocycles.